The third-order valence-electron chi connectivity index (χ3n) is 4.10. The minimum absolute atomic E-state index is 0.0706. The zero-order valence-electron chi connectivity index (χ0n) is 11.6. The fraction of sp³-hybridized carbons (Fsp3) is 0.294. The maximum Gasteiger partial charge on any atom is 0.151 e. The van der Waals surface area contributed by atoms with Crippen LogP contribution >= 0.6 is 7.14 Å². The molecule has 2 aliphatic heterocycles. The number of hydrogen-bond acceptors (Lipinski definition) is 3. The van der Waals surface area contributed by atoms with E-state index in [1.165, 1.54) is 11.1 Å². The smallest absolute Gasteiger partial charge is 0.151 e. The molecule has 0 amide bonds. The fourth-order valence-electron chi connectivity index (χ4n) is 2.70. The average molecular weight is 300 g/mol. The van der Waals surface area contributed by atoms with Gasteiger partial charge in [0.05, 0.1) is 13.2 Å². The van der Waals surface area contributed by atoms with E-state index in [4.69, 9.17) is 9.47 Å². The van der Waals surface area contributed by atoms with Crippen molar-refractivity contribution in [2.45, 2.75) is 17.9 Å². The molecule has 0 N–H and O–H groups in total. The molecular weight excluding hydrogens is 283 g/mol. The first-order chi connectivity index (χ1) is 10.3. The van der Waals surface area contributed by atoms with Crippen LogP contribution in [-0.4, -0.2) is 24.9 Å². The third kappa shape index (κ3) is 2.69. The van der Waals surface area contributed by atoms with Gasteiger partial charge in [0, 0.05) is 6.16 Å². The highest BCUT2D eigenvalue weighted by Crippen LogP contribution is 2.66. The van der Waals surface area contributed by atoms with Gasteiger partial charge in [0.25, 0.3) is 0 Å². The number of rotatable bonds is 5. The molecular formula is C17H17O3P. The van der Waals surface area contributed by atoms with Crippen LogP contribution in [0.25, 0.3) is 11.1 Å². The molecule has 2 fully saturated rings. The lowest BCUT2D eigenvalue weighted by molar-refractivity contribution is 0.421. The van der Waals surface area contributed by atoms with Crippen LogP contribution in [-0.2, 0) is 20.2 Å². The van der Waals surface area contributed by atoms with E-state index >= 15 is 0 Å². The number of hydrogen-bond donors (Lipinski definition) is 0. The zero-order chi connectivity index (χ0) is 14.3. The van der Waals surface area contributed by atoms with Crippen LogP contribution in [0.4, 0.5) is 0 Å². The Morgan fingerprint density at radius 2 is 1.38 bits per heavy atom. The standard InChI is InChI=1S/C17H17O3P/c18-21(16-10-19-16,17-11-20-17)12-13-6-8-15(9-7-13)14-4-2-1-3-5-14/h1-9,16-17H,10-12H2. The molecule has 2 saturated heterocycles. The topological polar surface area (TPSA) is 42.1 Å². The quantitative estimate of drug-likeness (QED) is 0.620. The number of benzene rings is 2. The Bertz CT molecular complexity index is 657. The number of epoxide rings is 2. The summed E-state index contributed by atoms with van der Waals surface area (Å²) in [5.74, 6) is -0.141. The minimum atomic E-state index is -2.39. The lowest BCUT2D eigenvalue weighted by Gasteiger charge is -2.13. The van der Waals surface area contributed by atoms with Gasteiger partial charge in [-0.05, 0) is 16.7 Å². The molecule has 3 nitrogen and oxygen atoms in total. The molecule has 4 heteroatoms. The molecule has 2 aromatic carbocycles. The fourth-order valence-corrected chi connectivity index (χ4v) is 5.44. The van der Waals surface area contributed by atoms with Crippen molar-refractivity contribution in [3.63, 3.8) is 0 Å². The van der Waals surface area contributed by atoms with Crippen molar-refractivity contribution in [3.05, 3.63) is 60.2 Å². The summed E-state index contributed by atoms with van der Waals surface area (Å²) in [7, 11) is -2.39. The van der Waals surface area contributed by atoms with Crippen molar-refractivity contribution in [1.29, 1.82) is 0 Å². The highest BCUT2D eigenvalue weighted by atomic mass is 31.2. The molecule has 0 spiro atoms. The summed E-state index contributed by atoms with van der Waals surface area (Å²) in [6, 6.07) is 18.6. The van der Waals surface area contributed by atoms with Crippen LogP contribution in [0, 0.1) is 0 Å². The monoisotopic (exact) mass is 300 g/mol. The van der Waals surface area contributed by atoms with Gasteiger partial charge in [0.2, 0.25) is 0 Å². The van der Waals surface area contributed by atoms with E-state index in [9.17, 15) is 4.57 Å². The largest absolute Gasteiger partial charge is 0.365 e. The minimum Gasteiger partial charge on any atom is -0.365 e. The molecule has 2 unspecified atom stereocenters. The van der Waals surface area contributed by atoms with E-state index in [0.29, 0.717) is 19.4 Å². The predicted molar refractivity (Wildman–Crippen MR) is 82.7 cm³/mol. The van der Waals surface area contributed by atoms with Crippen molar-refractivity contribution in [1.82, 2.24) is 0 Å². The Balaban J connectivity index is 1.55. The normalized spacial score (nSPS) is 26.1. The first-order valence-electron chi connectivity index (χ1n) is 7.22. The average Bonchev–Trinajstić information content (AvgIpc) is 3.41. The third-order valence-corrected chi connectivity index (χ3v) is 7.50. The van der Waals surface area contributed by atoms with Crippen LogP contribution in [0.3, 0.4) is 0 Å². The maximum atomic E-state index is 13.0. The summed E-state index contributed by atoms with van der Waals surface area (Å²) in [5, 5.41) is 0. The van der Waals surface area contributed by atoms with Crippen molar-refractivity contribution in [2.75, 3.05) is 13.2 Å². The second-order valence-corrected chi connectivity index (χ2v) is 8.83. The first-order valence-corrected chi connectivity index (χ1v) is 9.25. The Morgan fingerprint density at radius 3 is 1.90 bits per heavy atom. The highest BCUT2D eigenvalue weighted by Gasteiger charge is 2.53. The van der Waals surface area contributed by atoms with Gasteiger partial charge in [0.1, 0.15) is 11.7 Å². The van der Waals surface area contributed by atoms with Crippen molar-refractivity contribution in [3.8, 4) is 11.1 Å². The van der Waals surface area contributed by atoms with Gasteiger partial charge in [-0.2, -0.15) is 0 Å². The molecule has 2 aliphatic rings. The van der Waals surface area contributed by atoms with Gasteiger partial charge in [-0.3, -0.25) is 0 Å². The van der Waals surface area contributed by atoms with Crippen LogP contribution in [0.1, 0.15) is 5.56 Å². The van der Waals surface area contributed by atoms with E-state index in [2.05, 4.69) is 36.4 Å². The van der Waals surface area contributed by atoms with Gasteiger partial charge < -0.3 is 14.0 Å². The summed E-state index contributed by atoms with van der Waals surface area (Å²) < 4.78 is 23.6. The molecule has 0 bridgehead atoms. The van der Waals surface area contributed by atoms with E-state index in [1.54, 1.807) is 0 Å². The Kier molecular flexibility index (Phi) is 3.22. The van der Waals surface area contributed by atoms with Gasteiger partial charge in [-0.1, -0.05) is 54.6 Å². The van der Waals surface area contributed by atoms with E-state index < -0.39 is 7.14 Å². The van der Waals surface area contributed by atoms with Gasteiger partial charge in [-0.25, -0.2) is 0 Å². The first kappa shape index (κ1) is 13.3. The van der Waals surface area contributed by atoms with E-state index in [1.807, 2.05) is 18.2 Å². The second-order valence-electron chi connectivity index (χ2n) is 5.65. The van der Waals surface area contributed by atoms with Crippen LogP contribution in [0.2, 0.25) is 0 Å². The summed E-state index contributed by atoms with van der Waals surface area (Å²) in [6.07, 6.45) is 0.581. The van der Waals surface area contributed by atoms with Gasteiger partial charge >= 0.3 is 0 Å². The Labute approximate surface area is 124 Å². The van der Waals surface area contributed by atoms with Gasteiger partial charge in [0.15, 0.2) is 7.14 Å². The molecule has 21 heavy (non-hydrogen) atoms. The maximum absolute atomic E-state index is 13.0. The zero-order valence-corrected chi connectivity index (χ0v) is 12.5. The highest BCUT2D eigenvalue weighted by molar-refractivity contribution is 7.64. The van der Waals surface area contributed by atoms with Gasteiger partial charge in [-0.15, -0.1) is 0 Å². The molecule has 2 heterocycles. The molecule has 4 rings (SSSR count). The SMILES string of the molecule is O=P(Cc1ccc(-c2ccccc2)cc1)(C1CO1)C1CO1. The lowest BCUT2D eigenvalue weighted by Crippen LogP contribution is -2.01. The molecule has 0 aromatic heterocycles. The Morgan fingerprint density at radius 1 is 0.857 bits per heavy atom. The summed E-state index contributed by atoms with van der Waals surface area (Å²) in [4.78, 5) is 0. The van der Waals surface area contributed by atoms with Crippen LogP contribution < -0.4 is 0 Å². The van der Waals surface area contributed by atoms with Crippen molar-refractivity contribution in [2.24, 2.45) is 0 Å². The molecule has 2 aromatic rings. The Hall–Kier alpha value is -1.41. The van der Waals surface area contributed by atoms with E-state index in [-0.39, 0.29) is 11.7 Å². The summed E-state index contributed by atoms with van der Waals surface area (Å²) >= 11 is 0. The van der Waals surface area contributed by atoms with Crippen molar-refractivity contribution >= 4 is 7.14 Å². The molecule has 0 aliphatic carbocycles. The molecule has 0 radical (unpaired) electrons. The predicted octanol–water partition coefficient (Wildman–Crippen LogP) is 3.93. The second kappa shape index (κ2) is 5.10. The molecule has 0 saturated carbocycles. The summed E-state index contributed by atoms with van der Waals surface area (Å²) in [5.41, 5.74) is 3.48. The van der Waals surface area contributed by atoms with Crippen LogP contribution in [0.15, 0.2) is 54.6 Å². The van der Waals surface area contributed by atoms with Crippen LogP contribution in [0.5, 0.6) is 0 Å². The number of ether oxygens (including phenoxy) is 2. The molecule has 108 valence electrons. The van der Waals surface area contributed by atoms with E-state index in [0.717, 1.165) is 5.56 Å². The lowest BCUT2D eigenvalue weighted by atomic mass is 10.0. The summed E-state index contributed by atoms with van der Waals surface area (Å²) in [6.45, 7) is 1.25. The molecule has 2 atom stereocenters. The van der Waals surface area contributed by atoms with Crippen molar-refractivity contribution < 1.29 is 14.0 Å².